The number of carbonyl (C=O) groups is 1. The number of fused-ring (bicyclic) bond motifs is 2. The van der Waals surface area contributed by atoms with Crippen molar-refractivity contribution in [3.8, 4) is 5.75 Å². The van der Waals surface area contributed by atoms with Crippen molar-refractivity contribution in [2.24, 2.45) is 29.6 Å². The highest BCUT2D eigenvalue weighted by Crippen LogP contribution is 2.64. The molecule has 0 aliphatic heterocycles. The van der Waals surface area contributed by atoms with Gasteiger partial charge in [-0.2, -0.15) is 13.2 Å². The van der Waals surface area contributed by atoms with Gasteiger partial charge >= 0.3 is 6.18 Å². The van der Waals surface area contributed by atoms with Crippen molar-refractivity contribution in [2.45, 2.75) is 38.0 Å². The third-order valence-electron chi connectivity index (χ3n) is 7.45. The lowest BCUT2D eigenvalue weighted by atomic mass is 9.91. The zero-order chi connectivity index (χ0) is 24.3. The average Bonchev–Trinajstić information content (AvgIpc) is 3.72. The second-order valence-electron chi connectivity index (χ2n) is 9.73. The molecule has 0 bridgehead atoms. The number of benzene rings is 1. The quantitative estimate of drug-likeness (QED) is 0.482. The van der Waals surface area contributed by atoms with Crippen LogP contribution in [0.5, 0.6) is 5.75 Å². The molecule has 6 nitrogen and oxygen atoms in total. The highest BCUT2D eigenvalue weighted by atomic mass is 19.4. The minimum absolute atomic E-state index is 0.0126. The van der Waals surface area contributed by atoms with Crippen molar-refractivity contribution in [3.05, 3.63) is 54.5 Å². The standard InChI is InChI=1S/C25H22F4N4O2/c26-13-3-4-19-18(7-13)20(5-6-30-19)35-15-8-16-17(9-15)22(16)21(12-1-2-12)23(34)33-14-10-31-24(32-11-14)25(27,28)29/h3-7,10-12,15-17,21-22H,1-2,8-9H2,(H,33,34)/t15?,16-,17+,21?,22?. The normalized spacial score (nSPS) is 26.3. The minimum atomic E-state index is -4.63. The summed E-state index contributed by atoms with van der Waals surface area (Å²) in [5.74, 6) is -0.0569. The number of aromatic nitrogens is 3. The van der Waals surface area contributed by atoms with E-state index in [2.05, 4.69) is 20.3 Å². The van der Waals surface area contributed by atoms with Crippen LogP contribution in [0.3, 0.4) is 0 Å². The van der Waals surface area contributed by atoms with Crippen LogP contribution in [-0.2, 0) is 11.0 Å². The molecule has 3 saturated carbocycles. The van der Waals surface area contributed by atoms with Crippen molar-refractivity contribution in [1.82, 2.24) is 15.0 Å². The Kier molecular flexibility index (Phi) is 5.16. The number of hydrogen-bond acceptors (Lipinski definition) is 5. The molecule has 2 heterocycles. The summed E-state index contributed by atoms with van der Waals surface area (Å²) < 4.78 is 58.0. The van der Waals surface area contributed by atoms with Crippen molar-refractivity contribution < 1.29 is 27.1 Å². The lowest BCUT2D eigenvalue weighted by Crippen LogP contribution is -2.29. The van der Waals surface area contributed by atoms with Crippen LogP contribution in [0.2, 0.25) is 0 Å². The number of hydrogen-bond donors (Lipinski definition) is 1. The van der Waals surface area contributed by atoms with Crippen LogP contribution in [0.25, 0.3) is 10.9 Å². The highest BCUT2D eigenvalue weighted by Gasteiger charge is 2.63. The molecule has 0 radical (unpaired) electrons. The van der Waals surface area contributed by atoms with Crippen LogP contribution >= 0.6 is 0 Å². The van der Waals surface area contributed by atoms with Crippen molar-refractivity contribution >= 4 is 22.5 Å². The van der Waals surface area contributed by atoms with E-state index in [0.29, 0.717) is 34.4 Å². The van der Waals surface area contributed by atoms with Crippen molar-refractivity contribution in [2.75, 3.05) is 5.32 Å². The molecule has 3 aliphatic carbocycles. The second-order valence-corrected chi connectivity index (χ2v) is 9.73. The maximum Gasteiger partial charge on any atom is 0.451 e. The van der Waals surface area contributed by atoms with Crippen LogP contribution in [0.4, 0.5) is 23.2 Å². The van der Waals surface area contributed by atoms with Gasteiger partial charge in [-0.1, -0.05) is 0 Å². The number of ether oxygens (including phenoxy) is 1. The van der Waals surface area contributed by atoms with E-state index in [1.165, 1.54) is 12.1 Å². The lowest BCUT2D eigenvalue weighted by molar-refractivity contribution is -0.144. The van der Waals surface area contributed by atoms with Gasteiger partial charge in [0.2, 0.25) is 11.7 Å². The molecule has 6 rings (SSSR count). The Morgan fingerprint density at radius 3 is 2.43 bits per heavy atom. The van der Waals surface area contributed by atoms with E-state index in [1.807, 2.05) is 0 Å². The number of nitrogens with one attached hydrogen (secondary N) is 1. The minimum Gasteiger partial charge on any atom is -0.490 e. The number of amides is 1. The van der Waals surface area contributed by atoms with E-state index in [-0.39, 0.29) is 35.4 Å². The smallest absolute Gasteiger partial charge is 0.451 e. The first-order valence-electron chi connectivity index (χ1n) is 11.7. The van der Waals surface area contributed by atoms with Gasteiger partial charge in [-0.3, -0.25) is 9.78 Å². The molecular formula is C25H22F4N4O2. The van der Waals surface area contributed by atoms with Gasteiger partial charge in [0.1, 0.15) is 11.6 Å². The predicted octanol–water partition coefficient (Wildman–Crippen LogP) is 5.25. The van der Waals surface area contributed by atoms with Crippen LogP contribution in [0, 0.1) is 35.4 Å². The van der Waals surface area contributed by atoms with Gasteiger partial charge in [0, 0.05) is 17.5 Å². The molecule has 1 amide bonds. The summed E-state index contributed by atoms with van der Waals surface area (Å²) in [7, 11) is 0. The van der Waals surface area contributed by atoms with Gasteiger partial charge in [0.15, 0.2) is 0 Å². The predicted molar refractivity (Wildman–Crippen MR) is 118 cm³/mol. The molecule has 3 aromatic rings. The molecule has 35 heavy (non-hydrogen) atoms. The third kappa shape index (κ3) is 4.30. The maximum absolute atomic E-state index is 13.7. The first-order chi connectivity index (χ1) is 16.8. The van der Waals surface area contributed by atoms with E-state index < -0.39 is 12.0 Å². The Balaban J connectivity index is 1.10. The van der Waals surface area contributed by atoms with Crippen LogP contribution in [0.1, 0.15) is 31.5 Å². The summed E-state index contributed by atoms with van der Waals surface area (Å²) in [6.07, 6.45) is 2.59. The monoisotopic (exact) mass is 486 g/mol. The Hall–Kier alpha value is -3.30. The fourth-order valence-corrected chi connectivity index (χ4v) is 5.77. The van der Waals surface area contributed by atoms with Gasteiger partial charge in [-0.15, -0.1) is 0 Å². The zero-order valence-electron chi connectivity index (χ0n) is 18.5. The van der Waals surface area contributed by atoms with Gasteiger partial charge in [-0.05, 0) is 73.6 Å². The average molecular weight is 486 g/mol. The Labute approximate surface area is 198 Å². The second kappa shape index (κ2) is 8.13. The lowest BCUT2D eigenvalue weighted by Gasteiger charge is -2.22. The van der Waals surface area contributed by atoms with E-state index in [4.69, 9.17) is 4.74 Å². The largest absolute Gasteiger partial charge is 0.490 e. The topological polar surface area (TPSA) is 77.0 Å². The number of halogens is 4. The Morgan fingerprint density at radius 2 is 1.77 bits per heavy atom. The zero-order valence-corrected chi connectivity index (χ0v) is 18.5. The summed E-state index contributed by atoms with van der Waals surface area (Å²) in [6, 6.07) is 6.17. The SMILES string of the molecule is O=C(Nc1cnc(C(F)(F)F)nc1)C(C1CC1)C1[C@H]2CC(Oc3ccnc4ccc(F)cc34)C[C@@H]12. The van der Waals surface area contributed by atoms with E-state index >= 15 is 0 Å². The summed E-state index contributed by atoms with van der Waals surface area (Å²) >= 11 is 0. The number of nitrogens with zero attached hydrogens (tertiary/aromatic N) is 3. The molecule has 5 atom stereocenters. The van der Waals surface area contributed by atoms with Crippen LogP contribution in [0.15, 0.2) is 42.9 Å². The van der Waals surface area contributed by atoms with Crippen molar-refractivity contribution in [1.29, 1.82) is 0 Å². The number of alkyl halides is 3. The molecule has 0 spiro atoms. The molecule has 3 unspecified atom stereocenters. The molecule has 1 aromatic carbocycles. The molecule has 3 aliphatic rings. The first kappa shape index (κ1) is 22.2. The molecule has 2 aromatic heterocycles. The fourth-order valence-electron chi connectivity index (χ4n) is 5.77. The first-order valence-corrected chi connectivity index (χ1v) is 11.7. The summed E-state index contributed by atoms with van der Waals surface area (Å²) in [5.41, 5.74) is 0.833. The van der Waals surface area contributed by atoms with Gasteiger partial charge in [-0.25, -0.2) is 14.4 Å². The summed E-state index contributed by atoms with van der Waals surface area (Å²) in [4.78, 5) is 24.0. The molecular weight excluding hydrogens is 464 g/mol. The fraction of sp³-hybridized carbons (Fsp3) is 0.440. The number of anilines is 1. The van der Waals surface area contributed by atoms with Crippen LogP contribution < -0.4 is 10.1 Å². The molecule has 182 valence electrons. The summed E-state index contributed by atoms with van der Waals surface area (Å²) in [5, 5.41) is 3.36. The maximum atomic E-state index is 13.7. The highest BCUT2D eigenvalue weighted by molar-refractivity contribution is 5.93. The summed E-state index contributed by atoms with van der Waals surface area (Å²) in [6.45, 7) is 0. The van der Waals surface area contributed by atoms with E-state index in [0.717, 1.165) is 38.1 Å². The van der Waals surface area contributed by atoms with E-state index in [9.17, 15) is 22.4 Å². The molecule has 3 fully saturated rings. The Morgan fingerprint density at radius 1 is 1.06 bits per heavy atom. The molecule has 10 heteroatoms. The Bertz CT molecular complexity index is 1270. The number of carbonyl (C=O) groups excluding carboxylic acids is 1. The molecule has 0 saturated heterocycles. The number of rotatable bonds is 6. The third-order valence-corrected chi connectivity index (χ3v) is 7.45. The van der Waals surface area contributed by atoms with Crippen molar-refractivity contribution in [3.63, 3.8) is 0 Å². The number of pyridine rings is 1. The van der Waals surface area contributed by atoms with Gasteiger partial charge in [0.05, 0.1) is 29.7 Å². The van der Waals surface area contributed by atoms with Gasteiger partial charge < -0.3 is 10.1 Å². The van der Waals surface area contributed by atoms with E-state index in [1.54, 1.807) is 18.3 Å². The molecule has 1 N–H and O–H groups in total. The van der Waals surface area contributed by atoms with Crippen LogP contribution in [-0.4, -0.2) is 27.0 Å². The van der Waals surface area contributed by atoms with Gasteiger partial charge in [0.25, 0.3) is 0 Å².